The number of nitrogen functional groups attached to an aromatic ring is 2. The van der Waals surface area contributed by atoms with Crippen LogP contribution in [0.3, 0.4) is 0 Å². The summed E-state index contributed by atoms with van der Waals surface area (Å²) in [5, 5.41) is 6.42. The van der Waals surface area contributed by atoms with Crippen LogP contribution in [0, 0.1) is 0 Å². The number of rotatable bonds is 3. The predicted octanol–water partition coefficient (Wildman–Crippen LogP) is 1.06. The smallest absolute Gasteiger partial charge is 0.146 e. The van der Waals surface area contributed by atoms with Crippen LogP contribution in [0.15, 0.2) is 6.07 Å². The highest BCUT2D eigenvalue weighted by atomic mass is 16.5. The topological polar surface area (TPSA) is 94.6 Å². The van der Waals surface area contributed by atoms with E-state index in [2.05, 4.69) is 10.6 Å². The average molecular weight is 238 g/mol. The summed E-state index contributed by atoms with van der Waals surface area (Å²) in [5.41, 5.74) is 14.6. The van der Waals surface area contributed by atoms with Gasteiger partial charge in [-0.15, -0.1) is 0 Å². The average Bonchev–Trinajstić information content (AvgIpc) is 2.34. The van der Waals surface area contributed by atoms with Crippen LogP contribution < -0.4 is 26.8 Å². The monoisotopic (exact) mass is 238 g/mol. The maximum absolute atomic E-state index is 5.98. The van der Waals surface area contributed by atoms with Crippen LogP contribution in [0.1, 0.15) is 6.92 Å². The molecule has 0 spiro atoms. The molecule has 2 rings (SSSR count). The van der Waals surface area contributed by atoms with Gasteiger partial charge in [-0.1, -0.05) is 0 Å². The molecule has 6 heteroatoms. The second kappa shape index (κ2) is 4.58. The Morgan fingerprint density at radius 3 is 2.82 bits per heavy atom. The second-order valence-corrected chi connectivity index (χ2v) is 3.80. The van der Waals surface area contributed by atoms with E-state index in [0.717, 1.165) is 11.4 Å². The Balaban J connectivity index is 2.36. The number of nitrogens with two attached hydrogens (primary N) is 2. The molecule has 1 unspecified atom stereocenters. The molecule has 0 bridgehead atoms. The number of ether oxygens (including phenoxy) is 2. The van der Waals surface area contributed by atoms with Gasteiger partial charge in [0.2, 0.25) is 0 Å². The third-order valence-corrected chi connectivity index (χ3v) is 2.72. The van der Waals surface area contributed by atoms with Crippen LogP contribution in [-0.2, 0) is 4.74 Å². The van der Waals surface area contributed by atoms with Gasteiger partial charge in [0.15, 0.2) is 0 Å². The maximum atomic E-state index is 5.98. The Bertz CT molecular complexity index is 422. The van der Waals surface area contributed by atoms with Crippen molar-refractivity contribution in [1.82, 2.24) is 0 Å². The van der Waals surface area contributed by atoms with E-state index < -0.39 is 0 Å². The zero-order chi connectivity index (χ0) is 12.4. The van der Waals surface area contributed by atoms with E-state index in [9.17, 15) is 0 Å². The molecule has 1 aromatic rings. The Kier molecular flexibility index (Phi) is 3.14. The zero-order valence-corrected chi connectivity index (χ0v) is 10.0. The first-order chi connectivity index (χ1) is 8.17. The van der Waals surface area contributed by atoms with Gasteiger partial charge in [0, 0.05) is 12.7 Å². The van der Waals surface area contributed by atoms with Crippen molar-refractivity contribution in [2.24, 2.45) is 0 Å². The Labute approximate surface area is 100 Å². The minimum Gasteiger partial charge on any atom is -0.494 e. The molecular formula is C11H18N4O2. The number of fused-ring (bicyclic) bond motifs is 1. The number of nitrogens with one attached hydrogen (secondary N) is 2. The van der Waals surface area contributed by atoms with Gasteiger partial charge in [-0.25, -0.2) is 0 Å². The first kappa shape index (κ1) is 11.7. The fourth-order valence-electron chi connectivity index (χ4n) is 1.91. The summed E-state index contributed by atoms with van der Waals surface area (Å²) in [6.45, 7) is 3.22. The fraction of sp³-hybridized carbons (Fsp3) is 0.455. The molecule has 94 valence electrons. The molecular weight excluding hydrogens is 220 g/mol. The first-order valence-electron chi connectivity index (χ1n) is 5.55. The summed E-state index contributed by atoms with van der Waals surface area (Å²) in [6.07, 6.45) is -0.0948. The van der Waals surface area contributed by atoms with E-state index in [1.807, 2.05) is 6.92 Å². The van der Waals surface area contributed by atoms with E-state index >= 15 is 0 Å². The standard InChI is InChI=1S/C11H18N4O2/c1-3-17-8-5-14-11-9(13)7(16-2)4-6(12)10(11)15-8/h4,8,14-15H,3,5,12-13H2,1-2H3. The fourth-order valence-corrected chi connectivity index (χ4v) is 1.91. The van der Waals surface area contributed by atoms with E-state index in [1.54, 1.807) is 13.2 Å². The number of hydrogen-bond donors (Lipinski definition) is 4. The first-order valence-corrected chi connectivity index (χ1v) is 5.55. The third-order valence-electron chi connectivity index (χ3n) is 2.72. The van der Waals surface area contributed by atoms with Crippen molar-refractivity contribution in [3.8, 4) is 5.75 Å². The van der Waals surface area contributed by atoms with Crippen molar-refractivity contribution in [3.05, 3.63) is 6.07 Å². The van der Waals surface area contributed by atoms with Crippen molar-refractivity contribution in [3.63, 3.8) is 0 Å². The molecule has 6 nitrogen and oxygen atoms in total. The summed E-state index contributed by atoms with van der Waals surface area (Å²) in [5.74, 6) is 0.574. The van der Waals surface area contributed by atoms with Crippen molar-refractivity contribution in [2.45, 2.75) is 13.2 Å². The summed E-state index contributed by atoms with van der Waals surface area (Å²) in [7, 11) is 1.57. The SMILES string of the molecule is CCOC1CNc2c(N)c(OC)cc(N)c2N1. The lowest BCUT2D eigenvalue weighted by Gasteiger charge is -2.30. The predicted molar refractivity (Wildman–Crippen MR) is 69.3 cm³/mol. The van der Waals surface area contributed by atoms with Crippen LogP contribution >= 0.6 is 0 Å². The van der Waals surface area contributed by atoms with Crippen LogP contribution in [-0.4, -0.2) is 26.5 Å². The van der Waals surface area contributed by atoms with Crippen LogP contribution in [0.2, 0.25) is 0 Å². The zero-order valence-electron chi connectivity index (χ0n) is 10.0. The van der Waals surface area contributed by atoms with Crippen LogP contribution in [0.4, 0.5) is 22.7 Å². The molecule has 6 N–H and O–H groups in total. The van der Waals surface area contributed by atoms with Gasteiger partial charge in [-0.05, 0) is 6.92 Å². The van der Waals surface area contributed by atoms with Gasteiger partial charge in [-0.3, -0.25) is 0 Å². The molecule has 0 saturated carbocycles. The summed E-state index contributed by atoms with van der Waals surface area (Å²) >= 11 is 0. The van der Waals surface area contributed by atoms with Crippen LogP contribution in [0.25, 0.3) is 0 Å². The van der Waals surface area contributed by atoms with Gasteiger partial charge in [0.05, 0.1) is 36.4 Å². The number of methoxy groups -OCH3 is 1. The maximum Gasteiger partial charge on any atom is 0.146 e. The van der Waals surface area contributed by atoms with Crippen molar-refractivity contribution in [1.29, 1.82) is 0 Å². The highest BCUT2D eigenvalue weighted by Gasteiger charge is 2.23. The van der Waals surface area contributed by atoms with Gasteiger partial charge < -0.3 is 31.6 Å². The molecule has 0 radical (unpaired) electrons. The summed E-state index contributed by atoms with van der Waals surface area (Å²) in [6, 6.07) is 1.71. The van der Waals surface area contributed by atoms with Crippen molar-refractivity contribution < 1.29 is 9.47 Å². The van der Waals surface area contributed by atoms with Gasteiger partial charge >= 0.3 is 0 Å². The van der Waals surface area contributed by atoms with Gasteiger partial charge in [0.25, 0.3) is 0 Å². The highest BCUT2D eigenvalue weighted by Crippen LogP contribution is 2.42. The van der Waals surface area contributed by atoms with Crippen LogP contribution in [0.5, 0.6) is 5.75 Å². The summed E-state index contributed by atoms with van der Waals surface area (Å²) < 4.78 is 10.7. The molecule has 0 fully saturated rings. The second-order valence-electron chi connectivity index (χ2n) is 3.80. The van der Waals surface area contributed by atoms with Gasteiger partial charge in [-0.2, -0.15) is 0 Å². The van der Waals surface area contributed by atoms with Crippen molar-refractivity contribution in [2.75, 3.05) is 42.4 Å². The Hall–Kier alpha value is -1.82. The van der Waals surface area contributed by atoms with E-state index in [0.29, 0.717) is 30.3 Å². The largest absolute Gasteiger partial charge is 0.494 e. The molecule has 0 aromatic heterocycles. The van der Waals surface area contributed by atoms with E-state index in [1.165, 1.54) is 0 Å². The van der Waals surface area contributed by atoms with E-state index in [-0.39, 0.29) is 6.23 Å². The molecule has 1 aromatic carbocycles. The Morgan fingerprint density at radius 1 is 1.41 bits per heavy atom. The minimum atomic E-state index is -0.0948. The minimum absolute atomic E-state index is 0.0948. The Morgan fingerprint density at radius 2 is 2.18 bits per heavy atom. The van der Waals surface area contributed by atoms with Crippen molar-refractivity contribution >= 4 is 22.7 Å². The molecule has 17 heavy (non-hydrogen) atoms. The lowest BCUT2D eigenvalue weighted by Crippen LogP contribution is -2.36. The van der Waals surface area contributed by atoms with E-state index in [4.69, 9.17) is 20.9 Å². The lowest BCUT2D eigenvalue weighted by molar-refractivity contribution is 0.0904. The molecule has 0 saturated heterocycles. The quantitative estimate of drug-likeness (QED) is 0.588. The molecule has 1 aliphatic heterocycles. The number of hydrogen-bond acceptors (Lipinski definition) is 6. The molecule has 0 amide bonds. The molecule has 1 heterocycles. The lowest BCUT2D eigenvalue weighted by atomic mass is 10.1. The molecule has 1 aliphatic rings. The normalized spacial score (nSPS) is 17.9. The number of benzene rings is 1. The highest BCUT2D eigenvalue weighted by molar-refractivity contribution is 5.94. The number of anilines is 4. The van der Waals surface area contributed by atoms with Gasteiger partial charge in [0.1, 0.15) is 12.0 Å². The molecule has 1 atom stereocenters. The molecule has 0 aliphatic carbocycles. The summed E-state index contributed by atoms with van der Waals surface area (Å²) in [4.78, 5) is 0. The third kappa shape index (κ3) is 2.03.